The molecule has 0 spiro atoms. The maximum atomic E-state index is 14.4. The van der Waals surface area contributed by atoms with Gasteiger partial charge in [0.15, 0.2) is 4.90 Å². The lowest BCUT2D eigenvalue weighted by Gasteiger charge is -2.35. The highest BCUT2D eigenvalue weighted by molar-refractivity contribution is 7.89. The van der Waals surface area contributed by atoms with E-state index in [9.17, 15) is 27.3 Å². The molecule has 156 valence electrons. The van der Waals surface area contributed by atoms with Crippen LogP contribution < -0.4 is 4.90 Å². The Labute approximate surface area is 170 Å². The minimum absolute atomic E-state index is 0.0347. The van der Waals surface area contributed by atoms with Gasteiger partial charge in [0, 0.05) is 38.4 Å². The van der Waals surface area contributed by atoms with Crippen LogP contribution >= 0.6 is 0 Å². The van der Waals surface area contributed by atoms with Crippen LogP contribution in [0.2, 0.25) is 0 Å². The summed E-state index contributed by atoms with van der Waals surface area (Å²) in [5, 5.41) is 11.2. The zero-order valence-electron chi connectivity index (χ0n) is 15.5. The number of nitro groups is 1. The van der Waals surface area contributed by atoms with E-state index in [1.165, 1.54) is 24.4 Å². The number of benzene rings is 2. The summed E-state index contributed by atoms with van der Waals surface area (Å²) in [6.45, 7) is 0.480. The number of rotatable bonds is 4. The summed E-state index contributed by atoms with van der Waals surface area (Å²) in [4.78, 5) is 15.8. The largest absolute Gasteiger partial charge is 0.368 e. The van der Waals surface area contributed by atoms with E-state index >= 15 is 0 Å². The molecule has 1 aliphatic rings. The van der Waals surface area contributed by atoms with Gasteiger partial charge < -0.3 is 4.90 Å². The van der Waals surface area contributed by atoms with Crippen LogP contribution in [0.25, 0.3) is 10.9 Å². The SMILES string of the molecule is O=[N+]([O-])c1ccccc1S(=O)(=O)N1CCN(c2ccnc3c(F)ccc(F)c23)CC1. The van der Waals surface area contributed by atoms with E-state index in [2.05, 4.69) is 4.98 Å². The number of para-hydroxylation sites is 1. The van der Waals surface area contributed by atoms with Crippen LogP contribution in [-0.2, 0) is 10.0 Å². The number of piperazine rings is 1. The van der Waals surface area contributed by atoms with Crippen molar-refractivity contribution in [2.24, 2.45) is 0 Å². The van der Waals surface area contributed by atoms with Crippen LogP contribution in [0.4, 0.5) is 20.2 Å². The van der Waals surface area contributed by atoms with Gasteiger partial charge in [-0.05, 0) is 24.3 Å². The summed E-state index contributed by atoms with van der Waals surface area (Å²) >= 11 is 0. The maximum absolute atomic E-state index is 14.4. The number of aromatic nitrogens is 1. The van der Waals surface area contributed by atoms with Crippen molar-refractivity contribution in [1.29, 1.82) is 0 Å². The number of hydrogen-bond donors (Lipinski definition) is 0. The Hall–Kier alpha value is -3.18. The van der Waals surface area contributed by atoms with Crippen LogP contribution in [0.3, 0.4) is 0 Å². The van der Waals surface area contributed by atoms with Gasteiger partial charge in [-0.25, -0.2) is 17.2 Å². The fourth-order valence-corrected chi connectivity index (χ4v) is 5.15. The van der Waals surface area contributed by atoms with Crippen molar-refractivity contribution in [3.05, 3.63) is 70.4 Å². The molecule has 0 amide bonds. The Morgan fingerprint density at radius 2 is 1.63 bits per heavy atom. The fraction of sp³-hybridized carbons (Fsp3) is 0.211. The maximum Gasteiger partial charge on any atom is 0.289 e. The number of sulfonamides is 1. The minimum Gasteiger partial charge on any atom is -0.368 e. The quantitative estimate of drug-likeness (QED) is 0.463. The van der Waals surface area contributed by atoms with Crippen molar-refractivity contribution in [2.45, 2.75) is 4.90 Å². The van der Waals surface area contributed by atoms with E-state index in [1.54, 1.807) is 11.0 Å². The number of nitrogens with zero attached hydrogens (tertiary/aromatic N) is 4. The molecular weight excluding hydrogens is 418 g/mol. The molecule has 1 fully saturated rings. The molecule has 11 heteroatoms. The first kappa shape index (κ1) is 20.1. The van der Waals surface area contributed by atoms with Crippen LogP contribution in [0, 0.1) is 21.7 Å². The first-order valence-corrected chi connectivity index (χ1v) is 10.5. The van der Waals surface area contributed by atoms with Crippen molar-refractivity contribution in [1.82, 2.24) is 9.29 Å². The molecule has 4 rings (SSSR count). The molecule has 3 aromatic rings. The van der Waals surface area contributed by atoms with Crippen molar-refractivity contribution in [3.63, 3.8) is 0 Å². The van der Waals surface area contributed by atoms with E-state index < -0.39 is 32.3 Å². The van der Waals surface area contributed by atoms with Crippen molar-refractivity contribution in [3.8, 4) is 0 Å². The highest BCUT2D eigenvalue weighted by Gasteiger charge is 2.34. The van der Waals surface area contributed by atoms with Crippen molar-refractivity contribution in [2.75, 3.05) is 31.1 Å². The van der Waals surface area contributed by atoms with E-state index in [0.29, 0.717) is 5.69 Å². The first-order chi connectivity index (χ1) is 14.3. The molecule has 0 saturated carbocycles. The second-order valence-electron chi connectivity index (χ2n) is 6.70. The second kappa shape index (κ2) is 7.58. The number of fused-ring (bicyclic) bond motifs is 1. The zero-order valence-corrected chi connectivity index (χ0v) is 16.3. The van der Waals surface area contributed by atoms with E-state index in [1.807, 2.05) is 0 Å². The smallest absolute Gasteiger partial charge is 0.289 e. The van der Waals surface area contributed by atoms with Gasteiger partial charge >= 0.3 is 0 Å². The lowest BCUT2D eigenvalue weighted by molar-refractivity contribution is -0.387. The Morgan fingerprint density at radius 3 is 2.33 bits per heavy atom. The molecule has 0 atom stereocenters. The molecule has 0 aliphatic carbocycles. The van der Waals surface area contributed by atoms with Gasteiger partial charge in [0.05, 0.1) is 16.0 Å². The Kier molecular flexibility index (Phi) is 5.08. The molecule has 30 heavy (non-hydrogen) atoms. The molecule has 0 radical (unpaired) electrons. The number of nitro benzene ring substituents is 1. The molecule has 1 saturated heterocycles. The van der Waals surface area contributed by atoms with Gasteiger partial charge in [0.1, 0.15) is 17.2 Å². The third-order valence-corrected chi connectivity index (χ3v) is 6.98. The summed E-state index contributed by atoms with van der Waals surface area (Å²) in [7, 11) is -4.08. The standard InChI is InChI=1S/C19H16F2N4O4S/c20-13-5-6-14(21)19-18(13)16(7-8-22-19)23-9-11-24(12-10-23)30(28,29)17-4-2-1-3-15(17)25(26)27/h1-8H,9-12H2. The van der Waals surface area contributed by atoms with E-state index in [0.717, 1.165) is 22.5 Å². The number of pyridine rings is 1. The lowest BCUT2D eigenvalue weighted by atomic mass is 10.1. The minimum atomic E-state index is -4.08. The van der Waals surface area contributed by atoms with Crippen LogP contribution in [0.5, 0.6) is 0 Å². The summed E-state index contributed by atoms with van der Waals surface area (Å²) in [6.07, 6.45) is 1.37. The summed E-state index contributed by atoms with van der Waals surface area (Å²) < 4.78 is 55.5. The topological polar surface area (TPSA) is 96.6 Å². The van der Waals surface area contributed by atoms with Crippen LogP contribution in [0.1, 0.15) is 0 Å². The number of anilines is 1. The summed E-state index contributed by atoms with van der Waals surface area (Å²) in [5.74, 6) is -1.27. The second-order valence-corrected chi connectivity index (χ2v) is 8.61. The molecule has 0 N–H and O–H groups in total. The van der Waals surface area contributed by atoms with Gasteiger partial charge in [-0.3, -0.25) is 15.1 Å². The third-order valence-electron chi connectivity index (χ3n) is 5.03. The predicted octanol–water partition coefficient (Wildman–Crippen LogP) is 2.93. The van der Waals surface area contributed by atoms with Crippen LogP contribution in [0.15, 0.2) is 53.6 Å². The molecule has 1 aliphatic heterocycles. The third kappa shape index (κ3) is 3.35. The molecule has 0 bridgehead atoms. The Bertz CT molecular complexity index is 1240. The van der Waals surface area contributed by atoms with Crippen LogP contribution in [-0.4, -0.2) is 48.8 Å². The van der Waals surface area contributed by atoms with Gasteiger partial charge in [0.25, 0.3) is 5.69 Å². The number of halogens is 2. The highest BCUT2D eigenvalue weighted by Crippen LogP contribution is 2.32. The molecule has 2 aromatic carbocycles. The summed E-state index contributed by atoms with van der Waals surface area (Å²) in [6, 6.07) is 8.76. The van der Waals surface area contributed by atoms with Gasteiger partial charge in [-0.2, -0.15) is 4.31 Å². The van der Waals surface area contributed by atoms with Crippen molar-refractivity contribution >= 4 is 32.3 Å². The molecule has 8 nitrogen and oxygen atoms in total. The Balaban J connectivity index is 1.62. The monoisotopic (exact) mass is 434 g/mol. The lowest BCUT2D eigenvalue weighted by Crippen LogP contribution is -2.48. The average Bonchev–Trinajstić information content (AvgIpc) is 2.76. The van der Waals surface area contributed by atoms with Gasteiger partial charge in [0.2, 0.25) is 10.0 Å². The van der Waals surface area contributed by atoms with E-state index in [4.69, 9.17) is 0 Å². The average molecular weight is 434 g/mol. The van der Waals surface area contributed by atoms with Gasteiger partial charge in [-0.1, -0.05) is 12.1 Å². The fourth-order valence-electron chi connectivity index (χ4n) is 3.57. The number of hydrogen-bond acceptors (Lipinski definition) is 6. The molecule has 2 heterocycles. The van der Waals surface area contributed by atoms with Crippen molar-refractivity contribution < 1.29 is 22.1 Å². The highest BCUT2D eigenvalue weighted by atomic mass is 32.2. The molecule has 0 unspecified atom stereocenters. The Morgan fingerprint density at radius 1 is 0.967 bits per heavy atom. The molecule has 1 aromatic heterocycles. The van der Waals surface area contributed by atoms with Gasteiger partial charge in [-0.15, -0.1) is 0 Å². The normalized spacial score (nSPS) is 15.5. The zero-order chi connectivity index (χ0) is 21.5. The van der Waals surface area contributed by atoms with E-state index in [-0.39, 0.29) is 42.0 Å². The summed E-state index contributed by atoms with van der Waals surface area (Å²) in [5.41, 5.74) is -0.167. The molecular formula is C19H16F2N4O4S. The predicted molar refractivity (Wildman–Crippen MR) is 106 cm³/mol. The first-order valence-electron chi connectivity index (χ1n) is 9.02.